The molecule has 0 amide bonds. The van der Waals surface area contributed by atoms with E-state index in [4.69, 9.17) is 11.6 Å². The highest BCUT2D eigenvalue weighted by molar-refractivity contribution is 6.32. The zero-order valence-electron chi connectivity index (χ0n) is 7.13. The number of nitro benzene ring substituents is 1. The SMILES string of the molecule is CC(F)(F)c1ccc(Cl)c([N+](=O)[O-])c1. The molecule has 0 N–H and O–H groups in total. The van der Waals surface area contributed by atoms with E-state index < -0.39 is 22.1 Å². The molecule has 0 unspecified atom stereocenters. The Morgan fingerprint density at radius 1 is 1.50 bits per heavy atom. The van der Waals surface area contributed by atoms with Crippen molar-refractivity contribution in [3.8, 4) is 0 Å². The number of hydrogen-bond acceptors (Lipinski definition) is 2. The summed E-state index contributed by atoms with van der Waals surface area (Å²) in [5.41, 5.74) is -0.931. The fourth-order valence-corrected chi connectivity index (χ4v) is 1.11. The minimum atomic E-state index is -3.10. The summed E-state index contributed by atoms with van der Waals surface area (Å²) in [6.45, 7) is 0.667. The Morgan fingerprint density at radius 2 is 2.07 bits per heavy atom. The number of benzene rings is 1. The van der Waals surface area contributed by atoms with Gasteiger partial charge in [0.25, 0.3) is 11.6 Å². The third kappa shape index (κ3) is 2.17. The van der Waals surface area contributed by atoms with Crippen molar-refractivity contribution in [3.63, 3.8) is 0 Å². The zero-order valence-corrected chi connectivity index (χ0v) is 7.89. The van der Waals surface area contributed by atoms with Crippen LogP contribution in [0.3, 0.4) is 0 Å². The van der Waals surface area contributed by atoms with E-state index in [1.807, 2.05) is 0 Å². The van der Waals surface area contributed by atoms with Gasteiger partial charge in [0.2, 0.25) is 0 Å². The molecule has 1 aromatic carbocycles. The molecule has 1 aromatic rings. The smallest absolute Gasteiger partial charge is 0.258 e. The van der Waals surface area contributed by atoms with E-state index in [0.717, 1.165) is 18.2 Å². The Hall–Kier alpha value is -1.23. The molecule has 0 saturated carbocycles. The molecule has 0 aliphatic heterocycles. The van der Waals surface area contributed by atoms with Gasteiger partial charge in [-0.05, 0) is 6.07 Å². The third-order valence-corrected chi connectivity index (χ3v) is 1.97. The van der Waals surface area contributed by atoms with Crippen molar-refractivity contribution in [2.45, 2.75) is 12.8 Å². The van der Waals surface area contributed by atoms with Gasteiger partial charge >= 0.3 is 0 Å². The van der Waals surface area contributed by atoms with Crippen molar-refractivity contribution >= 4 is 17.3 Å². The molecule has 0 fully saturated rings. The number of rotatable bonds is 2. The molecule has 6 heteroatoms. The second-order valence-electron chi connectivity index (χ2n) is 2.81. The number of nitro groups is 1. The minimum Gasteiger partial charge on any atom is -0.258 e. The second kappa shape index (κ2) is 3.49. The highest BCUT2D eigenvalue weighted by Crippen LogP contribution is 2.33. The van der Waals surface area contributed by atoms with Crippen molar-refractivity contribution in [2.24, 2.45) is 0 Å². The topological polar surface area (TPSA) is 43.1 Å². The lowest BCUT2D eigenvalue weighted by molar-refractivity contribution is -0.384. The molecule has 0 aromatic heterocycles. The number of alkyl halides is 2. The van der Waals surface area contributed by atoms with E-state index in [-0.39, 0.29) is 5.02 Å². The van der Waals surface area contributed by atoms with Crippen LogP contribution < -0.4 is 0 Å². The number of hydrogen-bond donors (Lipinski definition) is 0. The molecule has 0 aliphatic carbocycles. The minimum absolute atomic E-state index is 0.150. The molecular formula is C8H6ClF2NO2. The van der Waals surface area contributed by atoms with Crippen LogP contribution >= 0.6 is 11.6 Å². The molecule has 0 spiro atoms. The summed E-state index contributed by atoms with van der Waals surface area (Å²) < 4.78 is 25.5. The van der Waals surface area contributed by atoms with Crippen molar-refractivity contribution in [1.82, 2.24) is 0 Å². The monoisotopic (exact) mass is 221 g/mol. The number of halogens is 3. The van der Waals surface area contributed by atoms with Crippen LogP contribution in [0.2, 0.25) is 5.02 Å². The lowest BCUT2D eigenvalue weighted by atomic mass is 10.1. The zero-order chi connectivity index (χ0) is 10.9. The lowest BCUT2D eigenvalue weighted by Gasteiger charge is -2.09. The van der Waals surface area contributed by atoms with Gasteiger partial charge in [0.1, 0.15) is 5.02 Å². The summed E-state index contributed by atoms with van der Waals surface area (Å²) in [7, 11) is 0. The van der Waals surface area contributed by atoms with Crippen molar-refractivity contribution < 1.29 is 13.7 Å². The maximum absolute atomic E-state index is 12.8. The Morgan fingerprint density at radius 3 is 2.50 bits per heavy atom. The van der Waals surface area contributed by atoms with Crippen molar-refractivity contribution in [3.05, 3.63) is 38.9 Å². The van der Waals surface area contributed by atoms with Crippen LogP contribution in [-0.4, -0.2) is 4.92 Å². The molecule has 0 bridgehead atoms. The van der Waals surface area contributed by atoms with Crippen LogP contribution in [-0.2, 0) is 5.92 Å². The molecule has 14 heavy (non-hydrogen) atoms. The first kappa shape index (κ1) is 10.8. The van der Waals surface area contributed by atoms with E-state index in [1.165, 1.54) is 0 Å². The quantitative estimate of drug-likeness (QED) is 0.568. The first-order valence-corrected chi connectivity index (χ1v) is 4.02. The maximum Gasteiger partial charge on any atom is 0.288 e. The summed E-state index contributed by atoms with van der Waals surface area (Å²) in [5.74, 6) is -3.10. The molecule has 3 nitrogen and oxygen atoms in total. The van der Waals surface area contributed by atoms with Crippen LogP contribution in [0, 0.1) is 10.1 Å². The summed E-state index contributed by atoms with van der Waals surface area (Å²) >= 11 is 5.45. The second-order valence-corrected chi connectivity index (χ2v) is 3.22. The predicted octanol–water partition coefficient (Wildman–Crippen LogP) is 3.36. The Balaban J connectivity index is 3.27. The van der Waals surface area contributed by atoms with Gasteiger partial charge in [0, 0.05) is 18.6 Å². The Kier molecular flexibility index (Phi) is 2.71. The molecule has 1 rings (SSSR count). The third-order valence-electron chi connectivity index (χ3n) is 1.65. The van der Waals surface area contributed by atoms with Gasteiger partial charge in [0.05, 0.1) is 4.92 Å². The van der Waals surface area contributed by atoms with Gasteiger partial charge in [-0.3, -0.25) is 10.1 Å². The van der Waals surface area contributed by atoms with Crippen molar-refractivity contribution in [2.75, 3.05) is 0 Å². The summed E-state index contributed by atoms with van der Waals surface area (Å²) in [4.78, 5) is 9.58. The van der Waals surface area contributed by atoms with Gasteiger partial charge < -0.3 is 0 Å². The molecule has 0 heterocycles. The highest BCUT2D eigenvalue weighted by atomic mass is 35.5. The summed E-state index contributed by atoms with van der Waals surface area (Å²) in [6.07, 6.45) is 0. The van der Waals surface area contributed by atoms with E-state index in [0.29, 0.717) is 6.92 Å². The van der Waals surface area contributed by atoms with Gasteiger partial charge in [-0.1, -0.05) is 17.7 Å². The Bertz CT molecular complexity index is 376. The van der Waals surface area contributed by atoms with Crippen molar-refractivity contribution in [1.29, 1.82) is 0 Å². The molecule has 0 radical (unpaired) electrons. The lowest BCUT2D eigenvalue weighted by Crippen LogP contribution is -2.07. The predicted molar refractivity (Wildman–Crippen MR) is 47.7 cm³/mol. The van der Waals surface area contributed by atoms with Gasteiger partial charge in [-0.15, -0.1) is 0 Å². The van der Waals surface area contributed by atoms with E-state index in [9.17, 15) is 18.9 Å². The molecule has 0 atom stereocenters. The number of nitrogens with zero attached hydrogens (tertiary/aromatic N) is 1. The van der Waals surface area contributed by atoms with E-state index in [1.54, 1.807) is 0 Å². The van der Waals surface area contributed by atoms with E-state index in [2.05, 4.69) is 0 Å². The Labute approximate surface area is 83.4 Å². The standard InChI is InChI=1S/C8H6ClF2NO2/c1-8(10,11)5-2-3-6(9)7(4-5)12(13)14/h2-4H,1H3. The molecule has 76 valence electrons. The summed E-state index contributed by atoms with van der Waals surface area (Å²) in [6, 6.07) is 2.93. The maximum atomic E-state index is 12.8. The normalized spacial score (nSPS) is 11.4. The molecule has 0 aliphatic rings. The average Bonchev–Trinajstić information content (AvgIpc) is 2.02. The summed E-state index contributed by atoms with van der Waals surface area (Å²) in [5, 5.41) is 10.2. The molecular weight excluding hydrogens is 216 g/mol. The van der Waals surface area contributed by atoms with Crippen LogP contribution in [0.25, 0.3) is 0 Å². The van der Waals surface area contributed by atoms with Crippen LogP contribution in [0.5, 0.6) is 0 Å². The average molecular weight is 222 g/mol. The van der Waals surface area contributed by atoms with Crippen LogP contribution in [0.15, 0.2) is 18.2 Å². The van der Waals surface area contributed by atoms with Gasteiger partial charge in [-0.2, -0.15) is 0 Å². The fourth-order valence-electron chi connectivity index (χ4n) is 0.926. The highest BCUT2D eigenvalue weighted by Gasteiger charge is 2.27. The molecule has 0 saturated heterocycles. The largest absolute Gasteiger partial charge is 0.288 e. The van der Waals surface area contributed by atoms with Crippen LogP contribution in [0.1, 0.15) is 12.5 Å². The van der Waals surface area contributed by atoms with Gasteiger partial charge in [0.15, 0.2) is 0 Å². The first-order chi connectivity index (χ1) is 6.32. The van der Waals surface area contributed by atoms with E-state index >= 15 is 0 Å². The van der Waals surface area contributed by atoms with Crippen LogP contribution in [0.4, 0.5) is 14.5 Å². The fraction of sp³-hybridized carbons (Fsp3) is 0.250. The first-order valence-electron chi connectivity index (χ1n) is 3.64. The van der Waals surface area contributed by atoms with Gasteiger partial charge in [-0.25, -0.2) is 8.78 Å².